The molecule has 7 nitrogen and oxygen atoms in total. The number of carbonyl (C=O) groups excluding carboxylic acids is 1. The SMILES string of the molecule is CCN(CC)C(=O)CN(C)S(=O)(=O)N(C)CCC#N. The fourth-order valence-corrected chi connectivity index (χ4v) is 2.58. The molecule has 0 radical (unpaired) electrons. The number of carbonyl (C=O) groups is 1. The Morgan fingerprint density at radius 3 is 2.11 bits per heavy atom. The van der Waals surface area contributed by atoms with E-state index >= 15 is 0 Å². The highest BCUT2D eigenvalue weighted by Crippen LogP contribution is 2.05. The molecular weight excluding hydrogens is 268 g/mol. The molecule has 8 heteroatoms. The summed E-state index contributed by atoms with van der Waals surface area (Å²) in [4.78, 5) is 13.4. The largest absolute Gasteiger partial charge is 0.342 e. The average Bonchev–Trinajstić information content (AvgIpc) is 2.36. The average molecular weight is 290 g/mol. The number of rotatable bonds is 8. The zero-order valence-corrected chi connectivity index (χ0v) is 12.8. The van der Waals surface area contributed by atoms with Crippen LogP contribution >= 0.6 is 0 Å². The van der Waals surface area contributed by atoms with Crippen molar-refractivity contribution in [3.8, 4) is 6.07 Å². The number of nitrogens with zero attached hydrogens (tertiary/aromatic N) is 4. The third kappa shape index (κ3) is 5.14. The Kier molecular flexibility index (Phi) is 7.59. The Labute approximate surface area is 115 Å². The van der Waals surface area contributed by atoms with Gasteiger partial charge < -0.3 is 4.90 Å². The second-order valence-electron chi connectivity index (χ2n) is 4.06. The molecule has 110 valence electrons. The molecule has 19 heavy (non-hydrogen) atoms. The van der Waals surface area contributed by atoms with Crippen LogP contribution in [0.4, 0.5) is 0 Å². The summed E-state index contributed by atoms with van der Waals surface area (Å²) in [6.07, 6.45) is 0.119. The third-order valence-corrected chi connectivity index (χ3v) is 4.69. The summed E-state index contributed by atoms with van der Waals surface area (Å²) >= 11 is 0. The predicted octanol–water partition coefficient (Wildman–Crippen LogP) is -0.123. The van der Waals surface area contributed by atoms with E-state index in [1.54, 1.807) is 4.90 Å². The molecule has 0 aliphatic carbocycles. The summed E-state index contributed by atoms with van der Waals surface area (Å²) in [5.74, 6) is -0.232. The fourth-order valence-electron chi connectivity index (χ4n) is 1.51. The van der Waals surface area contributed by atoms with E-state index in [0.717, 1.165) is 8.61 Å². The van der Waals surface area contributed by atoms with E-state index in [0.29, 0.717) is 13.1 Å². The molecule has 0 fully saturated rings. The number of amides is 1. The summed E-state index contributed by atoms with van der Waals surface area (Å²) in [5.41, 5.74) is 0. The summed E-state index contributed by atoms with van der Waals surface area (Å²) in [7, 11) is -0.934. The van der Waals surface area contributed by atoms with Crippen molar-refractivity contribution < 1.29 is 13.2 Å². The van der Waals surface area contributed by atoms with Gasteiger partial charge in [0.2, 0.25) is 5.91 Å². The van der Waals surface area contributed by atoms with Gasteiger partial charge in [-0.25, -0.2) is 0 Å². The second kappa shape index (κ2) is 8.09. The Hall–Kier alpha value is -1.17. The van der Waals surface area contributed by atoms with Crippen LogP contribution in [-0.4, -0.2) is 68.1 Å². The molecular formula is C11H22N4O3S. The van der Waals surface area contributed by atoms with Crippen molar-refractivity contribution in [2.75, 3.05) is 40.3 Å². The van der Waals surface area contributed by atoms with E-state index in [1.165, 1.54) is 14.1 Å². The van der Waals surface area contributed by atoms with Crippen molar-refractivity contribution >= 4 is 16.1 Å². The molecule has 0 spiro atoms. The number of hydrogen-bond acceptors (Lipinski definition) is 4. The van der Waals surface area contributed by atoms with Crippen LogP contribution in [0.25, 0.3) is 0 Å². The first kappa shape index (κ1) is 17.8. The molecule has 0 saturated heterocycles. The molecule has 1 amide bonds. The third-order valence-electron chi connectivity index (χ3n) is 2.80. The van der Waals surface area contributed by atoms with Gasteiger partial charge >= 0.3 is 0 Å². The van der Waals surface area contributed by atoms with Gasteiger partial charge in [0.25, 0.3) is 10.2 Å². The van der Waals surface area contributed by atoms with E-state index < -0.39 is 10.2 Å². The van der Waals surface area contributed by atoms with Gasteiger partial charge in [0.05, 0.1) is 12.6 Å². The van der Waals surface area contributed by atoms with Crippen molar-refractivity contribution in [2.45, 2.75) is 20.3 Å². The Bertz CT molecular complexity index is 426. The summed E-state index contributed by atoms with van der Waals surface area (Å²) in [5, 5.41) is 8.46. The van der Waals surface area contributed by atoms with E-state index in [2.05, 4.69) is 0 Å². The van der Waals surface area contributed by atoms with E-state index in [9.17, 15) is 13.2 Å². The maximum Gasteiger partial charge on any atom is 0.281 e. The Balaban J connectivity index is 4.68. The zero-order chi connectivity index (χ0) is 15.1. The smallest absolute Gasteiger partial charge is 0.281 e. The van der Waals surface area contributed by atoms with Crippen LogP contribution in [0.3, 0.4) is 0 Å². The highest BCUT2D eigenvalue weighted by Gasteiger charge is 2.26. The minimum atomic E-state index is -3.69. The quantitative estimate of drug-likeness (QED) is 0.623. The van der Waals surface area contributed by atoms with Crippen LogP contribution in [0, 0.1) is 11.3 Å². The van der Waals surface area contributed by atoms with E-state index in [4.69, 9.17) is 5.26 Å². The van der Waals surface area contributed by atoms with Gasteiger partial charge in [0.15, 0.2) is 0 Å². The van der Waals surface area contributed by atoms with Gasteiger partial charge in [-0.3, -0.25) is 4.79 Å². The molecule has 0 atom stereocenters. The fraction of sp³-hybridized carbons (Fsp3) is 0.818. The summed E-state index contributed by atoms with van der Waals surface area (Å²) in [6.45, 7) is 4.70. The van der Waals surface area contributed by atoms with E-state index in [-0.39, 0.29) is 25.4 Å². The zero-order valence-electron chi connectivity index (χ0n) is 12.0. The maximum atomic E-state index is 12.0. The van der Waals surface area contributed by atoms with Crippen molar-refractivity contribution in [1.29, 1.82) is 5.26 Å². The topological polar surface area (TPSA) is 84.7 Å². The molecule has 0 N–H and O–H groups in total. The monoisotopic (exact) mass is 290 g/mol. The van der Waals surface area contributed by atoms with Crippen molar-refractivity contribution in [3.63, 3.8) is 0 Å². The van der Waals surface area contributed by atoms with Crippen LogP contribution in [0.15, 0.2) is 0 Å². The van der Waals surface area contributed by atoms with Gasteiger partial charge in [-0.1, -0.05) is 0 Å². The molecule has 0 aromatic rings. The predicted molar refractivity (Wildman–Crippen MR) is 72.3 cm³/mol. The van der Waals surface area contributed by atoms with Gasteiger partial charge in [0, 0.05) is 40.2 Å². The van der Waals surface area contributed by atoms with Crippen molar-refractivity contribution in [1.82, 2.24) is 13.5 Å². The highest BCUT2D eigenvalue weighted by atomic mass is 32.2. The van der Waals surface area contributed by atoms with Gasteiger partial charge in [-0.2, -0.15) is 22.3 Å². The van der Waals surface area contributed by atoms with Crippen molar-refractivity contribution in [2.24, 2.45) is 0 Å². The number of likely N-dealkylation sites (N-methyl/N-ethyl adjacent to an activating group) is 2. The first-order valence-electron chi connectivity index (χ1n) is 6.13. The van der Waals surface area contributed by atoms with Crippen LogP contribution < -0.4 is 0 Å². The Morgan fingerprint density at radius 2 is 1.68 bits per heavy atom. The van der Waals surface area contributed by atoms with Crippen LogP contribution in [0.1, 0.15) is 20.3 Å². The van der Waals surface area contributed by atoms with Crippen LogP contribution in [-0.2, 0) is 15.0 Å². The highest BCUT2D eigenvalue weighted by molar-refractivity contribution is 7.86. The molecule has 0 aliphatic heterocycles. The van der Waals surface area contributed by atoms with Crippen LogP contribution in [0.5, 0.6) is 0 Å². The maximum absolute atomic E-state index is 12.0. The first-order chi connectivity index (χ1) is 8.81. The second-order valence-corrected chi connectivity index (χ2v) is 6.20. The first-order valence-corrected chi connectivity index (χ1v) is 7.53. The standard InChI is InChI=1S/C11H22N4O3S/c1-5-15(6-2)11(16)10-14(4)19(17,18)13(3)9-7-8-12/h5-7,9-10H2,1-4H3. The molecule has 0 bridgehead atoms. The summed E-state index contributed by atoms with van der Waals surface area (Å²) in [6, 6.07) is 1.89. The molecule has 0 aromatic carbocycles. The van der Waals surface area contributed by atoms with Gasteiger partial charge in [-0.15, -0.1) is 0 Å². The number of hydrogen-bond donors (Lipinski definition) is 0. The summed E-state index contributed by atoms with van der Waals surface area (Å²) < 4.78 is 26.2. The van der Waals surface area contributed by atoms with Crippen LogP contribution in [0.2, 0.25) is 0 Å². The van der Waals surface area contributed by atoms with Gasteiger partial charge in [-0.05, 0) is 13.8 Å². The number of nitriles is 1. The molecule has 0 aromatic heterocycles. The minimum Gasteiger partial charge on any atom is -0.342 e. The molecule has 0 saturated carbocycles. The lowest BCUT2D eigenvalue weighted by molar-refractivity contribution is -0.130. The lowest BCUT2D eigenvalue weighted by Gasteiger charge is -2.26. The Morgan fingerprint density at radius 1 is 1.16 bits per heavy atom. The molecule has 0 heterocycles. The molecule has 0 unspecified atom stereocenters. The van der Waals surface area contributed by atoms with Crippen molar-refractivity contribution in [3.05, 3.63) is 0 Å². The van der Waals surface area contributed by atoms with E-state index in [1.807, 2.05) is 19.9 Å². The van der Waals surface area contributed by atoms with Gasteiger partial charge in [0.1, 0.15) is 0 Å². The lowest BCUT2D eigenvalue weighted by atomic mass is 10.4. The lowest BCUT2D eigenvalue weighted by Crippen LogP contribution is -2.45. The molecule has 0 aliphatic rings. The molecule has 0 rings (SSSR count). The normalized spacial score (nSPS) is 11.6. The minimum absolute atomic E-state index is 0.114.